The number of pyridine rings is 1. The van der Waals surface area contributed by atoms with E-state index in [2.05, 4.69) is 46.4 Å². The average molecular weight is 398 g/mol. The van der Waals surface area contributed by atoms with Gasteiger partial charge in [-0.15, -0.1) is 0 Å². The molecule has 3 aromatic rings. The van der Waals surface area contributed by atoms with E-state index >= 15 is 0 Å². The number of rotatable bonds is 5. The van der Waals surface area contributed by atoms with Crippen LogP contribution < -0.4 is 5.32 Å². The van der Waals surface area contributed by atoms with Crippen molar-refractivity contribution in [2.24, 2.45) is 0 Å². The summed E-state index contributed by atoms with van der Waals surface area (Å²) in [5, 5.41) is 11.7. The van der Waals surface area contributed by atoms with Crippen LogP contribution >= 0.6 is 0 Å². The van der Waals surface area contributed by atoms with Gasteiger partial charge < -0.3 is 15.2 Å². The fraction of sp³-hybridized carbons (Fsp3) is 0.200. The van der Waals surface area contributed by atoms with E-state index in [1.807, 2.05) is 30.3 Å². The Balaban J connectivity index is 1.27. The predicted molar refractivity (Wildman–Crippen MR) is 115 cm³/mol. The van der Waals surface area contributed by atoms with Crippen molar-refractivity contribution in [3.63, 3.8) is 0 Å². The van der Waals surface area contributed by atoms with Gasteiger partial charge in [0.05, 0.1) is 12.3 Å². The Morgan fingerprint density at radius 1 is 1.03 bits per heavy atom. The normalized spacial score (nSPS) is 11.8. The first kappa shape index (κ1) is 19.7. The third kappa shape index (κ3) is 4.35. The predicted octanol–water partition coefficient (Wildman–Crippen LogP) is 3.85. The minimum Gasteiger partial charge on any atom is -0.449 e. The number of hydrogen-bond donors (Lipinski definition) is 2. The van der Waals surface area contributed by atoms with Crippen LogP contribution in [0.5, 0.6) is 0 Å². The van der Waals surface area contributed by atoms with E-state index in [9.17, 15) is 4.79 Å². The largest absolute Gasteiger partial charge is 0.449 e. The van der Waals surface area contributed by atoms with Gasteiger partial charge in [-0.3, -0.25) is 4.98 Å². The smallest absolute Gasteiger partial charge is 0.407 e. The maximum Gasteiger partial charge on any atom is 0.407 e. The number of ether oxygens (including phenoxy) is 1. The van der Waals surface area contributed by atoms with Gasteiger partial charge in [0.15, 0.2) is 0 Å². The van der Waals surface area contributed by atoms with Crippen LogP contribution in [-0.4, -0.2) is 29.3 Å². The van der Waals surface area contributed by atoms with Gasteiger partial charge in [-0.05, 0) is 34.4 Å². The third-order valence-electron chi connectivity index (χ3n) is 5.08. The van der Waals surface area contributed by atoms with Crippen molar-refractivity contribution in [2.75, 3.05) is 13.2 Å². The van der Waals surface area contributed by atoms with Crippen LogP contribution in [0.15, 0.2) is 66.9 Å². The van der Waals surface area contributed by atoms with Gasteiger partial charge >= 0.3 is 6.09 Å². The van der Waals surface area contributed by atoms with Crippen molar-refractivity contribution in [3.05, 3.63) is 89.2 Å². The first-order valence-electron chi connectivity index (χ1n) is 9.90. The lowest BCUT2D eigenvalue weighted by atomic mass is 9.98. The Labute approximate surface area is 175 Å². The summed E-state index contributed by atoms with van der Waals surface area (Å²) in [5.74, 6) is 6.03. The van der Waals surface area contributed by atoms with Crippen LogP contribution in [0.25, 0.3) is 11.1 Å². The molecule has 0 spiro atoms. The number of hydrogen-bond acceptors (Lipinski definition) is 4. The summed E-state index contributed by atoms with van der Waals surface area (Å²) >= 11 is 0. The van der Waals surface area contributed by atoms with Crippen molar-refractivity contribution in [1.29, 1.82) is 0 Å². The molecule has 0 fully saturated rings. The Morgan fingerprint density at radius 3 is 2.37 bits per heavy atom. The number of nitrogens with one attached hydrogen (secondary N) is 1. The van der Waals surface area contributed by atoms with E-state index in [0.29, 0.717) is 25.3 Å². The molecule has 1 aliphatic carbocycles. The lowest BCUT2D eigenvalue weighted by molar-refractivity contribution is 0.143. The first-order chi connectivity index (χ1) is 14.8. The van der Waals surface area contributed by atoms with Gasteiger partial charge in [0.2, 0.25) is 0 Å². The summed E-state index contributed by atoms with van der Waals surface area (Å²) in [6.07, 6.45) is 1.69. The number of aliphatic hydroxyl groups excluding tert-OH is 1. The Bertz CT molecular complexity index is 1050. The molecule has 0 atom stereocenters. The third-order valence-corrected chi connectivity index (χ3v) is 5.08. The standard InChI is InChI=1S/C25H22N2O3/c28-16-19-13-12-18(15-27-19)7-5-6-14-26-25(29)30-17-24-22-10-3-1-8-20(22)21-9-2-4-11-23(21)24/h1-4,8-13,15,24,28H,6,14,16-17H2,(H,26,29). The molecule has 5 heteroatoms. The number of benzene rings is 2. The Hall–Kier alpha value is -3.62. The molecule has 0 unspecified atom stereocenters. The second-order valence-electron chi connectivity index (χ2n) is 7.00. The second-order valence-corrected chi connectivity index (χ2v) is 7.00. The van der Waals surface area contributed by atoms with E-state index in [1.165, 1.54) is 22.3 Å². The highest BCUT2D eigenvalue weighted by molar-refractivity contribution is 5.79. The molecule has 30 heavy (non-hydrogen) atoms. The quantitative estimate of drug-likeness (QED) is 0.506. The topological polar surface area (TPSA) is 71.5 Å². The minimum atomic E-state index is -0.437. The Kier molecular flexibility index (Phi) is 6.07. The summed E-state index contributed by atoms with van der Waals surface area (Å²) in [5.41, 5.74) is 6.18. The Morgan fingerprint density at radius 2 is 1.73 bits per heavy atom. The number of alkyl carbamates (subject to hydrolysis) is 1. The van der Waals surface area contributed by atoms with E-state index in [-0.39, 0.29) is 12.5 Å². The number of carbonyl (C=O) groups excluding carboxylic acids is 1. The molecule has 1 aromatic heterocycles. The molecule has 0 saturated carbocycles. The molecule has 4 rings (SSSR count). The molecule has 0 aliphatic heterocycles. The highest BCUT2D eigenvalue weighted by atomic mass is 16.5. The van der Waals surface area contributed by atoms with Crippen molar-refractivity contribution < 1.29 is 14.6 Å². The fourth-order valence-electron chi connectivity index (χ4n) is 3.63. The maximum absolute atomic E-state index is 12.1. The van der Waals surface area contributed by atoms with Crippen LogP contribution in [0.2, 0.25) is 0 Å². The molecule has 0 bridgehead atoms. The van der Waals surface area contributed by atoms with Gasteiger partial charge in [0.1, 0.15) is 6.61 Å². The zero-order valence-electron chi connectivity index (χ0n) is 16.5. The lowest BCUT2D eigenvalue weighted by Crippen LogP contribution is -2.26. The number of aliphatic hydroxyl groups is 1. The number of aromatic nitrogens is 1. The van der Waals surface area contributed by atoms with Crippen LogP contribution in [0.4, 0.5) is 4.79 Å². The number of fused-ring (bicyclic) bond motifs is 3. The molecule has 2 aromatic carbocycles. The molecular formula is C25H22N2O3. The first-order valence-corrected chi connectivity index (χ1v) is 9.90. The van der Waals surface area contributed by atoms with Crippen molar-refractivity contribution in [3.8, 4) is 23.0 Å². The molecule has 0 radical (unpaired) electrons. The summed E-state index contributed by atoms with van der Waals surface area (Å²) in [4.78, 5) is 16.2. The zero-order chi connectivity index (χ0) is 20.8. The summed E-state index contributed by atoms with van der Waals surface area (Å²) in [6.45, 7) is 0.623. The molecule has 5 nitrogen and oxygen atoms in total. The number of amides is 1. The molecule has 0 saturated heterocycles. The van der Waals surface area contributed by atoms with Crippen LogP contribution in [0.1, 0.15) is 34.7 Å². The van der Waals surface area contributed by atoms with Gasteiger partial charge in [0.25, 0.3) is 0 Å². The lowest BCUT2D eigenvalue weighted by Gasteiger charge is -2.14. The van der Waals surface area contributed by atoms with Gasteiger partial charge in [-0.1, -0.05) is 60.4 Å². The number of carbonyl (C=O) groups is 1. The molecule has 150 valence electrons. The highest BCUT2D eigenvalue weighted by Crippen LogP contribution is 2.44. The second kappa shape index (κ2) is 9.25. The monoisotopic (exact) mass is 398 g/mol. The van der Waals surface area contributed by atoms with Crippen LogP contribution in [0, 0.1) is 11.8 Å². The van der Waals surface area contributed by atoms with Gasteiger partial charge in [-0.25, -0.2) is 4.79 Å². The van der Waals surface area contributed by atoms with Crippen molar-refractivity contribution in [2.45, 2.75) is 18.9 Å². The molecule has 1 aliphatic rings. The zero-order valence-corrected chi connectivity index (χ0v) is 16.5. The van der Waals surface area contributed by atoms with Crippen molar-refractivity contribution in [1.82, 2.24) is 10.3 Å². The van der Waals surface area contributed by atoms with E-state index < -0.39 is 6.09 Å². The van der Waals surface area contributed by atoms with Crippen molar-refractivity contribution >= 4 is 6.09 Å². The van der Waals surface area contributed by atoms with E-state index in [0.717, 1.165) is 5.56 Å². The molecular weight excluding hydrogens is 376 g/mol. The summed E-state index contributed by atoms with van der Waals surface area (Å²) < 4.78 is 5.50. The fourth-order valence-corrected chi connectivity index (χ4v) is 3.63. The van der Waals surface area contributed by atoms with E-state index in [1.54, 1.807) is 12.3 Å². The molecule has 1 amide bonds. The highest BCUT2D eigenvalue weighted by Gasteiger charge is 2.28. The minimum absolute atomic E-state index is 0.0531. The van der Waals surface area contributed by atoms with Crippen LogP contribution in [-0.2, 0) is 11.3 Å². The van der Waals surface area contributed by atoms with Crippen LogP contribution in [0.3, 0.4) is 0 Å². The average Bonchev–Trinajstić information content (AvgIpc) is 3.12. The number of nitrogens with zero attached hydrogens (tertiary/aromatic N) is 1. The SMILES string of the molecule is O=C(NCCC#Cc1ccc(CO)nc1)OCC1c2ccccc2-c2ccccc21. The summed E-state index contributed by atoms with van der Waals surface area (Å²) in [7, 11) is 0. The summed E-state index contributed by atoms with van der Waals surface area (Å²) in [6, 6.07) is 20.1. The molecule has 1 heterocycles. The van der Waals surface area contributed by atoms with Gasteiger partial charge in [0, 0.05) is 30.6 Å². The van der Waals surface area contributed by atoms with E-state index in [4.69, 9.17) is 9.84 Å². The maximum atomic E-state index is 12.1. The molecule has 2 N–H and O–H groups in total. The van der Waals surface area contributed by atoms with Gasteiger partial charge in [-0.2, -0.15) is 0 Å².